The molecule has 6 nitrogen and oxygen atoms in total. The second kappa shape index (κ2) is 5.30. The third-order valence-corrected chi connectivity index (χ3v) is 3.20. The number of nitrogens with one attached hydrogen (secondary N) is 1. The third-order valence-electron chi connectivity index (χ3n) is 3.01. The molecule has 104 valence electrons. The van der Waals surface area contributed by atoms with E-state index in [2.05, 4.69) is 41.2 Å². The predicted octanol–water partition coefficient (Wildman–Crippen LogP) is 1.99. The zero-order valence-corrected chi connectivity index (χ0v) is 12.0. The fourth-order valence-corrected chi connectivity index (χ4v) is 2.09. The van der Waals surface area contributed by atoms with Gasteiger partial charge in [0.1, 0.15) is 17.3 Å². The molecule has 0 aliphatic carbocycles. The van der Waals surface area contributed by atoms with Crippen molar-refractivity contribution >= 4 is 23.2 Å². The van der Waals surface area contributed by atoms with Gasteiger partial charge >= 0.3 is 0 Å². The molecule has 1 unspecified atom stereocenters. The molecule has 2 rings (SSSR count). The third kappa shape index (κ3) is 3.13. The fourth-order valence-electron chi connectivity index (χ4n) is 1.92. The first-order valence-electron chi connectivity index (χ1n) is 6.15. The highest BCUT2D eigenvalue weighted by Crippen LogP contribution is 2.26. The normalized spacial score (nSPS) is 13.7. The predicted molar refractivity (Wildman–Crippen MR) is 74.4 cm³/mol. The first-order valence-corrected chi connectivity index (χ1v) is 6.53. The van der Waals surface area contributed by atoms with Crippen LogP contribution in [0.5, 0.6) is 0 Å². The summed E-state index contributed by atoms with van der Waals surface area (Å²) >= 11 is 5.97. The first-order chi connectivity index (χ1) is 8.91. The average molecular weight is 284 g/mol. The molecular formula is C12H18ClN5O. The van der Waals surface area contributed by atoms with E-state index >= 15 is 0 Å². The standard InChI is InChI=1S/C12H18ClN5O/c1-12(2,3)8(4-5-19)16-10-6-9(13)17-11-14-7-15-18(10)11/h6-8,16,19H,4-5H2,1-3H3. The summed E-state index contributed by atoms with van der Waals surface area (Å²) in [5, 5.41) is 17.0. The lowest BCUT2D eigenvalue weighted by atomic mass is 9.85. The van der Waals surface area contributed by atoms with Gasteiger partial charge in [0, 0.05) is 18.7 Å². The maximum absolute atomic E-state index is 9.19. The Hall–Kier alpha value is -1.40. The number of anilines is 1. The molecule has 0 radical (unpaired) electrons. The number of hydrogen-bond acceptors (Lipinski definition) is 5. The molecule has 2 heterocycles. The van der Waals surface area contributed by atoms with Crippen LogP contribution in [0.1, 0.15) is 27.2 Å². The second-order valence-corrected chi connectivity index (χ2v) is 5.90. The van der Waals surface area contributed by atoms with E-state index in [0.717, 1.165) is 5.82 Å². The minimum absolute atomic E-state index is 0.00855. The lowest BCUT2D eigenvalue weighted by Crippen LogP contribution is -2.35. The summed E-state index contributed by atoms with van der Waals surface area (Å²) in [5.41, 5.74) is -0.00855. The van der Waals surface area contributed by atoms with Gasteiger partial charge in [-0.2, -0.15) is 19.6 Å². The zero-order valence-electron chi connectivity index (χ0n) is 11.3. The van der Waals surface area contributed by atoms with Crippen LogP contribution in [0.3, 0.4) is 0 Å². The number of hydrogen-bond donors (Lipinski definition) is 2. The fraction of sp³-hybridized carbons (Fsp3) is 0.583. The van der Waals surface area contributed by atoms with E-state index < -0.39 is 0 Å². The van der Waals surface area contributed by atoms with Crippen LogP contribution in [0.4, 0.5) is 5.82 Å². The maximum atomic E-state index is 9.19. The first kappa shape index (κ1) is 14.0. The summed E-state index contributed by atoms with van der Waals surface area (Å²) in [6.45, 7) is 6.46. The summed E-state index contributed by atoms with van der Waals surface area (Å²) in [6.07, 6.45) is 2.07. The van der Waals surface area contributed by atoms with Crippen molar-refractivity contribution in [3.05, 3.63) is 17.5 Å². The smallest absolute Gasteiger partial charge is 0.255 e. The van der Waals surface area contributed by atoms with E-state index in [-0.39, 0.29) is 18.1 Å². The minimum atomic E-state index is -0.00855. The molecule has 0 bridgehead atoms. The molecule has 0 aliphatic rings. The Morgan fingerprint density at radius 2 is 2.21 bits per heavy atom. The Balaban J connectivity index is 2.35. The molecule has 0 saturated heterocycles. The van der Waals surface area contributed by atoms with Crippen molar-refractivity contribution in [1.29, 1.82) is 0 Å². The molecule has 2 aromatic heterocycles. The number of aromatic nitrogens is 4. The largest absolute Gasteiger partial charge is 0.396 e. The zero-order chi connectivity index (χ0) is 14.0. The highest BCUT2D eigenvalue weighted by molar-refractivity contribution is 6.29. The van der Waals surface area contributed by atoms with Gasteiger partial charge in [-0.25, -0.2) is 0 Å². The summed E-state index contributed by atoms with van der Waals surface area (Å²) in [6, 6.07) is 1.79. The van der Waals surface area contributed by atoms with Crippen molar-refractivity contribution < 1.29 is 5.11 Å². The van der Waals surface area contributed by atoms with Gasteiger partial charge in [-0.3, -0.25) is 0 Å². The molecule has 19 heavy (non-hydrogen) atoms. The van der Waals surface area contributed by atoms with E-state index in [9.17, 15) is 5.11 Å². The van der Waals surface area contributed by atoms with E-state index in [0.29, 0.717) is 17.4 Å². The Labute approximate surface area is 116 Å². The van der Waals surface area contributed by atoms with Crippen LogP contribution in [-0.2, 0) is 0 Å². The Bertz CT molecular complexity index is 563. The van der Waals surface area contributed by atoms with Crippen LogP contribution in [0.2, 0.25) is 5.15 Å². The lowest BCUT2D eigenvalue weighted by molar-refractivity contribution is 0.235. The summed E-state index contributed by atoms with van der Waals surface area (Å²) in [4.78, 5) is 8.10. The van der Waals surface area contributed by atoms with E-state index in [1.165, 1.54) is 6.33 Å². The molecule has 2 N–H and O–H groups in total. The number of aliphatic hydroxyl groups is 1. The van der Waals surface area contributed by atoms with Crippen molar-refractivity contribution in [3.8, 4) is 0 Å². The quantitative estimate of drug-likeness (QED) is 0.839. The molecule has 2 aromatic rings. The molecule has 0 amide bonds. The number of rotatable bonds is 4. The molecule has 0 fully saturated rings. The van der Waals surface area contributed by atoms with Gasteiger partial charge in [-0.15, -0.1) is 0 Å². The molecule has 1 atom stereocenters. The van der Waals surface area contributed by atoms with Gasteiger partial charge < -0.3 is 10.4 Å². The van der Waals surface area contributed by atoms with Crippen molar-refractivity contribution in [2.24, 2.45) is 5.41 Å². The molecular weight excluding hydrogens is 266 g/mol. The van der Waals surface area contributed by atoms with Gasteiger partial charge in [-0.05, 0) is 11.8 Å². The molecule has 0 aliphatic heterocycles. The SMILES string of the molecule is CC(C)(C)C(CCO)Nc1cc(Cl)nc2ncnn12. The van der Waals surface area contributed by atoms with Crippen LogP contribution in [0.25, 0.3) is 5.78 Å². The van der Waals surface area contributed by atoms with Gasteiger partial charge in [0.05, 0.1) is 0 Å². The minimum Gasteiger partial charge on any atom is -0.396 e. The van der Waals surface area contributed by atoms with E-state index in [1.54, 1.807) is 10.6 Å². The van der Waals surface area contributed by atoms with Crippen molar-refractivity contribution in [2.45, 2.75) is 33.2 Å². The summed E-state index contributed by atoms with van der Waals surface area (Å²) < 4.78 is 1.60. The molecule has 0 spiro atoms. The Kier molecular flexibility index (Phi) is 3.91. The van der Waals surface area contributed by atoms with Gasteiger partial charge in [-0.1, -0.05) is 32.4 Å². The number of aliphatic hydroxyl groups excluding tert-OH is 1. The number of halogens is 1. The number of nitrogens with zero attached hydrogens (tertiary/aromatic N) is 4. The molecule has 7 heteroatoms. The van der Waals surface area contributed by atoms with Crippen molar-refractivity contribution in [2.75, 3.05) is 11.9 Å². The van der Waals surface area contributed by atoms with Crippen molar-refractivity contribution in [1.82, 2.24) is 19.6 Å². The average Bonchev–Trinajstić information content (AvgIpc) is 2.74. The van der Waals surface area contributed by atoms with E-state index in [1.807, 2.05) is 0 Å². The highest BCUT2D eigenvalue weighted by Gasteiger charge is 2.25. The van der Waals surface area contributed by atoms with Gasteiger partial charge in [0.15, 0.2) is 0 Å². The molecule has 0 saturated carbocycles. The summed E-state index contributed by atoms with van der Waals surface area (Å²) in [5.74, 6) is 1.17. The van der Waals surface area contributed by atoms with Gasteiger partial charge in [0.2, 0.25) is 0 Å². The van der Waals surface area contributed by atoms with Crippen LogP contribution in [-0.4, -0.2) is 37.3 Å². The van der Waals surface area contributed by atoms with Gasteiger partial charge in [0.25, 0.3) is 5.78 Å². The van der Waals surface area contributed by atoms with Crippen LogP contribution < -0.4 is 5.32 Å². The van der Waals surface area contributed by atoms with Crippen LogP contribution >= 0.6 is 11.6 Å². The topological polar surface area (TPSA) is 75.3 Å². The molecule has 0 aromatic carbocycles. The Morgan fingerprint density at radius 3 is 2.84 bits per heavy atom. The van der Waals surface area contributed by atoms with E-state index in [4.69, 9.17) is 11.6 Å². The second-order valence-electron chi connectivity index (χ2n) is 5.51. The van der Waals surface area contributed by atoms with Crippen LogP contribution in [0.15, 0.2) is 12.4 Å². The monoisotopic (exact) mass is 283 g/mol. The lowest BCUT2D eigenvalue weighted by Gasteiger charge is -2.31. The Morgan fingerprint density at radius 1 is 1.47 bits per heavy atom. The highest BCUT2D eigenvalue weighted by atomic mass is 35.5. The number of fused-ring (bicyclic) bond motifs is 1. The maximum Gasteiger partial charge on any atom is 0.255 e. The van der Waals surface area contributed by atoms with Crippen LogP contribution in [0, 0.1) is 5.41 Å². The van der Waals surface area contributed by atoms with Crippen molar-refractivity contribution in [3.63, 3.8) is 0 Å². The summed E-state index contributed by atoms with van der Waals surface area (Å²) in [7, 11) is 0.